The van der Waals surface area contributed by atoms with Crippen LogP contribution in [-0.4, -0.2) is 36.8 Å². The first-order valence-electron chi connectivity index (χ1n) is 9.58. The van der Waals surface area contributed by atoms with E-state index in [0.717, 1.165) is 28.1 Å². The van der Waals surface area contributed by atoms with Gasteiger partial charge in [-0.1, -0.05) is 12.1 Å². The van der Waals surface area contributed by atoms with Crippen LogP contribution in [0, 0.1) is 39.0 Å². The smallest absolute Gasteiger partial charge is 0.349 e. The molecule has 0 saturated carbocycles. The molecule has 0 radical (unpaired) electrons. The normalized spacial score (nSPS) is 11.1. The Morgan fingerprint density at radius 3 is 2.60 bits per heavy atom. The van der Waals surface area contributed by atoms with Gasteiger partial charge >= 0.3 is 5.97 Å². The Kier molecular flexibility index (Phi) is 7.96. The van der Waals surface area contributed by atoms with Crippen molar-refractivity contribution < 1.29 is 19.1 Å². The highest BCUT2D eigenvalue weighted by Crippen LogP contribution is 2.19. The number of methoxy groups -OCH3 is 1. The van der Waals surface area contributed by atoms with E-state index in [9.17, 15) is 14.9 Å². The number of nitrogens with one attached hydrogen (secondary N) is 1. The molecule has 0 fully saturated rings. The fourth-order valence-corrected chi connectivity index (χ4v) is 3.06. The van der Waals surface area contributed by atoms with Crippen molar-refractivity contribution in [1.29, 1.82) is 5.26 Å². The lowest BCUT2D eigenvalue weighted by atomic mass is 10.1. The molecule has 0 unspecified atom stereocenters. The summed E-state index contributed by atoms with van der Waals surface area (Å²) in [6, 6.07) is 9.44. The number of hydrogen-bond acceptors (Lipinski definition) is 5. The zero-order chi connectivity index (χ0) is 22.3. The maximum absolute atomic E-state index is 12.3. The third-order valence-corrected chi connectivity index (χ3v) is 4.77. The van der Waals surface area contributed by atoms with Gasteiger partial charge in [0.1, 0.15) is 11.6 Å². The number of hydrogen-bond donors (Lipinski definition) is 1. The number of nitriles is 1. The van der Waals surface area contributed by atoms with Crippen molar-refractivity contribution in [3.63, 3.8) is 0 Å². The van der Waals surface area contributed by atoms with E-state index in [1.54, 1.807) is 7.11 Å². The lowest BCUT2D eigenvalue weighted by Crippen LogP contribution is -2.21. The van der Waals surface area contributed by atoms with Crippen molar-refractivity contribution >= 4 is 23.6 Å². The zero-order valence-corrected chi connectivity index (χ0v) is 18.0. The predicted octanol–water partition coefficient (Wildman–Crippen LogP) is 3.46. The van der Waals surface area contributed by atoms with Crippen molar-refractivity contribution in [2.75, 3.05) is 25.6 Å². The number of carbonyl (C=O) groups is 2. The number of nitrogens with zero attached hydrogens (tertiary/aromatic N) is 2. The number of anilines is 1. The molecule has 1 amide bonds. The van der Waals surface area contributed by atoms with Crippen LogP contribution in [0.2, 0.25) is 0 Å². The average molecular weight is 409 g/mol. The van der Waals surface area contributed by atoms with Gasteiger partial charge in [-0.2, -0.15) is 5.26 Å². The molecule has 1 aromatic heterocycles. The van der Waals surface area contributed by atoms with Crippen LogP contribution in [0.5, 0.6) is 0 Å². The second-order valence-electron chi connectivity index (χ2n) is 7.08. The monoisotopic (exact) mass is 409 g/mol. The second kappa shape index (κ2) is 10.4. The highest BCUT2D eigenvalue weighted by atomic mass is 16.5. The minimum absolute atomic E-state index is 0.165. The van der Waals surface area contributed by atoms with Crippen LogP contribution in [0.1, 0.15) is 28.1 Å². The van der Waals surface area contributed by atoms with Gasteiger partial charge in [-0.15, -0.1) is 0 Å². The summed E-state index contributed by atoms with van der Waals surface area (Å²) in [6.45, 7) is 8.41. The van der Waals surface area contributed by atoms with E-state index in [0.29, 0.717) is 18.8 Å². The Hall–Kier alpha value is -3.37. The van der Waals surface area contributed by atoms with Crippen molar-refractivity contribution in [1.82, 2.24) is 4.57 Å². The van der Waals surface area contributed by atoms with Crippen molar-refractivity contribution in [2.45, 2.75) is 34.2 Å². The molecule has 158 valence electrons. The third kappa shape index (κ3) is 5.82. The molecule has 1 N–H and O–H groups in total. The molecule has 0 aliphatic heterocycles. The first-order valence-corrected chi connectivity index (χ1v) is 9.58. The number of aryl methyl sites for hydroxylation is 3. The first-order chi connectivity index (χ1) is 14.3. The Morgan fingerprint density at radius 1 is 1.20 bits per heavy atom. The molecule has 0 spiro atoms. The lowest BCUT2D eigenvalue weighted by Gasteiger charge is -2.10. The number of aromatic nitrogens is 1. The van der Waals surface area contributed by atoms with Gasteiger partial charge in [0.15, 0.2) is 6.61 Å². The van der Waals surface area contributed by atoms with Gasteiger partial charge in [0.25, 0.3) is 5.91 Å². The molecule has 0 aliphatic carbocycles. The van der Waals surface area contributed by atoms with E-state index in [-0.39, 0.29) is 5.57 Å². The minimum atomic E-state index is -0.838. The average Bonchev–Trinajstić information content (AvgIpc) is 2.98. The van der Waals surface area contributed by atoms with Crippen molar-refractivity contribution in [2.24, 2.45) is 0 Å². The van der Waals surface area contributed by atoms with Gasteiger partial charge < -0.3 is 19.4 Å². The molecule has 1 heterocycles. The molecule has 0 bridgehead atoms. The molecule has 0 aliphatic rings. The molecule has 7 nitrogen and oxygen atoms in total. The summed E-state index contributed by atoms with van der Waals surface area (Å²) in [5.41, 5.74) is 5.06. The van der Waals surface area contributed by atoms with E-state index in [2.05, 4.69) is 5.32 Å². The quantitative estimate of drug-likeness (QED) is 0.409. The standard InChI is InChI=1S/C23H27N3O4/c1-15-6-7-16(2)21(10-15)25-22(27)14-30-23(28)20(13-24)12-19-11-17(3)26(18(19)4)8-9-29-5/h6-7,10-12H,8-9,14H2,1-5H3,(H,25,27)/b20-12+. The van der Waals surface area contributed by atoms with Crippen molar-refractivity contribution in [3.8, 4) is 6.07 Å². The molecule has 30 heavy (non-hydrogen) atoms. The molecule has 0 atom stereocenters. The number of carbonyl (C=O) groups excluding carboxylic acids is 2. The van der Waals surface area contributed by atoms with E-state index < -0.39 is 18.5 Å². The van der Waals surface area contributed by atoms with Crippen LogP contribution in [-0.2, 0) is 25.6 Å². The van der Waals surface area contributed by atoms with E-state index in [1.807, 2.05) is 62.6 Å². The van der Waals surface area contributed by atoms with Gasteiger partial charge in [0, 0.05) is 30.7 Å². The number of benzene rings is 1. The number of esters is 1. The Bertz CT molecular complexity index is 1010. The number of rotatable bonds is 8. The van der Waals surface area contributed by atoms with E-state index in [1.165, 1.54) is 6.08 Å². The van der Waals surface area contributed by atoms with Gasteiger partial charge in [-0.05, 0) is 62.6 Å². The topological polar surface area (TPSA) is 93.3 Å². The minimum Gasteiger partial charge on any atom is -0.451 e. The number of amides is 1. The number of ether oxygens (including phenoxy) is 2. The highest BCUT2D eigenvalue weighted by molar-refractivity contribution is 6.00. The Morgan fingerprint density at radius 2 is 1.93 bits per heavy atom. The lowest BCUT2D eigenvalue weighted by molar-refractivity contribution is -0.142. The predicted molar refractivity (Wildman–Crippen MR) is 115 cm³/mol. The summed E-state index contributed by atoms with van der Waals surface area (Å²) in [5.74, 6) is -1.30. The SMILES string of the molecule is COCCn1c(C)cc(/C=C(\C#N)C(=O)OCC(=O)Nc2cc(C)ccc2C)c1C. The maximum Gasteiger partial charge on any atom is 0.349 e. The van der Waals surface area contributed by atoms with Crippen molar-refractivity contribution in [3.05, 3.63) is 57.9 Å². The van der Waals surface area contributed by atoms with Gasteiger partial charge in [-0.3, -0.25) is 4.79 Å². The van der Waals surface area contributed by atoms with Crippen LogP contribution in [0.3, 0.4) is 0 Å². The summed E-state index contributed by atoms with van der Waals surface area (Å²) in [5, 5.41) is 12.1. The highest BCUT2D eigenvalue weighted by Gasteiger charge is 2.16. The van der Waals surface area contributed by atoms with E-state index >= 15 is 0 Å². The van der Waals surface area contributed by atoms with Gasteiger partial charge in [0.2, 0.25) is 0 Å². The van der Waals surface area contributed by atoms with Gasteiger partial charge in [0.05, 0.1) is 6.61 Å². The molecule has 1 aromatic carbocycles. The Balaban J connectivity index is 2.05. The molecule has 2 aromatic rings. The zero-order valence-electron chi connectivity index (χ0n) is 18.0. The second-order valence-corrected chi connectivity index (χ2v) is 7.08. The fraction of sp³-hybridized carbons (Fsp3) is 0.348. The summed E-state index contributed by atoms with van der Waals surface area (Å²) < 4.78 is 12.2. The Labute approximate surface area is 176 Å². The van der Waals surface area contributed by atoms with Gasteiger partial charge in [-0.25, -0.2) is 4.79 Å². The molecule has 0 saturated heterocycles. The van der Waals surface area contributed by atoms with E-state index in [4.69, 9.17) is 9.47 Å². The molecular formula is C23H27N3O4. The fourth-order valence-electron chi connectivity index (χ4n) is 3.06. The van der Waals surface area contributed by atoms with Crippen LogP contribution in [0.15, 0.2) is 29.8 Å². The summed E-state index contributed by atoms with van der Waals surface area (Å²) in [6.07, 6.45) is 1.48. The van der Waals surface area contributed by atoms with Crippen LogP contribution >= 0.6 is 0 Å². The molecular weight excluding hydrogens is 382 g/mol. The molecule has 7 heteroatoms. The summed E-state index contributed by atoms with van der Waals surface area (Å²) in [7, 11) is 1.63. The largest absolute Gasteiger partial charge is 0.451 e. The van der Waals surface area contributed by atoms with Crippen LogP contribution < -0.4 is 5.32 Å². The summed E-state index contributed by atoms with van der Waals surface area (Å²) >= 11 is 0. The first kappa shape index (κ1) is 22.9. The van der Waals surface area contributed by atoms with Crippen LogP contribution in [0.4, 0.5) is 5.69 Å². The summed E-state index contributed by atoms with van der Waals surface area (Å²) in [4.78, 5) is 24.5. The van der Waals surface area contributed by atoms with Crippen LogP contribution in [0.25, 0.3) is 6.08 Å². The third-order valence-electron chi connectivity index (χ3n) is 4.77. The maximum atomic E-state index is 12.3. The molecule has 2 rings (SSSR count).